The Labute approximate surface area is 94.4 Å². The van der Waals surface area contributed by atoms with Gasteiger partial charge in [-0.15, -0.1) is 12.3 Å². The summed E-state index contributed by atoms with van der Waals surface area (Å²) in [6, 6.07) is 4.58. The van der Waals surface area contributed by atoms with Crippen molar-refractivity contribution in [2.24, 2.45) is 5.73 Å². The van der Waals surface area contributed by atoms with Gasteiger partial charge in [-0.25, -0.2) is 0 Å². The first-order valence-electron chi connectivity index (χ1n) is 4.55. The second kappa shape index (κ2) is 4.97. The lowest BCUT2D eigenvalue weighted by molar-refractivity contribution is 0.0963. The SMILES string of the molecule is C#CCC(N)C(=O)c1cc(C)ccc1Cl. The Hall–Kier alpha value is -1.30. The number of rotatable bonds is 3. The summed E-state index contributed by atoms with van der Waals surface area (Å²) in [5.41, 5.74) is 7.04. The maximum atomic E-state index is 11.8. The molecule has 0 aliphatic rings. The number of Topliss-reactive ketones (excluding diaryl/α,β-unsaturated/α-hetero) is 1. The van der Waals surface area contributed by atoms with Crippen molar-refractivity contribution in [1.29, 1.82) is 0 Å². The lowest BCUT2D eigenvalue weighted by Crippen LogP contribution is -2.30. The summed E-state index contributed by atoms with van der Waals surface area (Å²) in [4.78, 5) is 11.8. The zero-order valence-electron chi connectivity index (χ0n) is 8.46. The summed E-state index contributed by atoms with van der Waals surface area (Å²) in [5.74, 6) is 2.16. The highest BCUT2D eigenvalue weighted by Crippen LogP contribution is 2.19. The minimum atomic E-state index is -0.672. The molecule has 0 saturated heterocycles. The molecule has 78 valence electrons. The van der Waals surface area contributed by atoms with Crippen LogP contribution < -0.4 is 5.73 Å². The molecule has 1 unspecified atom stereocenters. The zero-order valence-corrected chi connectivity index (χ0v) is 9.21. The molecule has 1 aromatic carbocycles. The summed E-state index contributed by atoms with van der Waals surface area (Å²) in [6.45, 7) is 1.89. The summed E-state index contributed by atoms with van der Waals surface area (Å²) in [6.07, 6.45) is 5.32. The molecule has 0 amide bonds. The largest absolute Gasteiger partial charge is 0.320 e. The minimum absolute atomic E-state index is 0.207. The van der Waals surface area contributed by atoms with Crippen LogP contribution in [-0.2, 0) is 0 Å². The quantitative estimate of drug-likeness (QED) is 0.628. The standard InChI is InChI=1S/C12H12ClNO/c1-3-4-11(14)12(15)9-7-8(2)5-6-10(9)13/h1,5-7,11H,4,14H2,2H3. The number of terminal acetylenes is 1. The number of hydrogen-bond acceptors (Lipinski definition) is 2. The number of hydrogen-bond donors (Lipinski definition) is 1. The number of ketones is 1. The molecular weight excluding hydrogens is 210 g/mol. The third-order valence-electron chi connectivity index (χ3n) is 2.06. The smallest absolute Gasteiger partial charge is 0.181 e. The Kier molecular flexibility index (Phi) is 3.90. The van der Waals surface area contributed by atoms with Gasteiger partial charge in [0.15, 0.2) is 5.78 Å². The monoisotopic (exact) mass is 221 g/mol. The van der Waals surface area contributed by atoms with Crippen molar-refractivity contribution in [2.75, 3.05) is 0 Å². The fourth-order valence-electron chi connectivity index (χ4n) is 1.25. The van der Waals surface area contributed by atoms with Gasteiger partial charge in [-0.2, -0.15) is 0 Å². The van der Waals surface area contributed by atoms with E-state index in [1.54, 1.807) is 12.1 Å². The van der Waals surface area contributed by atoms with Crippen LogP contribution in [0.5, 0.6) is 0 Å². The first kappa shape index (κ1) is 11.8. The minimum Gasteiger partial charge on any atom is -0.320 e. The lowest BCUT2D eigenvalue weighted by Gasteiger charge is -2.09. The number of aryl methyl sites for hydroxylation is 1. The Morgan fingerprint density at radius 1 is 1.67 bits per heavy atom. The number of nitrogens with two attached hydrogens (primary N) is 1. The van der Waals surface area contributed by atoms with Crippen LogP contribution in [0.1, 0.15) is 22.3 Å². The van der Waals surface area contributed by atoms with Gasteiger partial charge >= 0.3 is 0 Å². The van der Waals surface area contributed by atoms with Crippen LogP contribution in [0.25, 0.3) is 0 Å². The van der Waals surface area contributed by atoms with Crippen molar-refractivity contribution in [3.63, 3.8) is 0 Å². The van der Waals surface area contributed by atoms with Gasteiger partial charge in [0, 0.05) is 12.0 Å². The predicted molar refractivity (Wildman–Crippen MR) is 61.9 cm³/mol. The number of carbonyl (C=O) groups is 1. The Morgan fingerprint density at radius 3 is 2.93 bits per heavy atom. The van der Waals surface area contributed by atoms with Crippen molar-refractivity contribution in [3.8, 4) is 12.3 Å². The molecule has 2 nitrogen and oxygen atoms in total. The molecule has 0 aliphatic carbocycles. The van der Waals surface area contributed by atoms with Crippen molar-refractivity contribution >= 4 is 17.4 Å². The molecule has 0 heterocycles. The van der Waals surface area contributed by atoms with Gasteiger partial charge in [0.2, 0.25) is 0 Å². The number of carbonyl (C=O) groups excluding carboxylic acids is 1. The van der Waals surface area contributed by atoms with Crippen LogP contribution in [0.2, 0.25) is 5.02 Å². The van der Waals surface area contributed by atoms with Crippen LogP contribution in [0.4, 0.5) is 0 Å². The van der Waals surface area contributed by atoms with E-state index >= 15 is 0 Å². The molecule has 3 heteroatoms. The van der Waals surface area contributed by atoms with Gasteiger partial charge < -0.3 is 5.73 Å². The molecule has 0 aliphatic heterocycles. The van der Waals surface area contributed by atoms with E-state index in [2.05, 4.69) is 5.92 Å². The van der Waals surface area contributed by atoms with Gasteiger partial charge in [-0.3, -0.25) is 4.79 Å². The topological polar surface area (TPSA) is 43.1 Å². The van der Waals surface area contributed by atoms with E-state index in [9.17, 15) is 4.79 Å². The van der Waals surface area contributed by atoms with Crippen molar-refractivity contribution in [2.45, 2.75) is 19.4 Å². The molecule has 1 atom stereocenters. The van der Waals surface area contributed by atoms with Gasteiger partial charge in [-0.05, 0) is 19.1 Å². The first-order chi connectivity index (χ1) is 7.06. The first-order valence-corrected chi connectivity index (χ1v) is 4.93. The molecule has 0 saturated carbocycles. The second-order valence-corrected chi connectivity index (χ2v) is 3.77. The summed E-state index contributed by atoms with van der Waals surface area (Å²) >= 11 is 5.91. The Bertz CT molecular complexity index is 420. The van der Waals surface area contributed by atoms with Crippen LogP contribution >= 0.6 is 11.6 Å². The third-order valence-corrected chi connectivity index (χ3v) is 2.39. The third kappa shape index (κ3) is 2.82. The van der Waals surface area contributed by atoms with Crippen LogP contribution in [0.3, 0.4) is 0 Å². The van der Waals surface area contributed by atoms with Crippen molar-refractivity contribution in [3.05, 3.63) is 34.3 Å². The van der Waals surface area contributed by atoms with Crippen LogP contribution in [0.15, 0.2) is 18.2 Å². The normalized spacial score (nSPS) is 11.9. The predicted octanol–water partition coefficient (Wildman–Crippen LogP) is 2.18. The fraction of sp³-hybridized carbons (Fsp3) is 0.250. The second-order valence-electron chi connectivity index (χ2n) is 3.36. The average Bonchev–Trinajstić information content (AvgIpc) is 2.21. The molecule has 0 bridgehead atoms. The summed E-state index contributed by atoms with van der Waals surface area (Å²) < 4.78 is 0. The lowest BCUT2D eigenvalue weighted by atomic mass is 10.0. The summed E-state index contributed by atoms with van der Waals surface area (Å²) in [7, 11) is 0. The Morgan fingerprint density at radius 2 is 2.33 bits per heavy atom. The van der Waals surface area contributed by atoms with Crippen LogP contribution in [-0.4, -0.2) is 11.8 Å². The Balaban J connectivity index is 3.01. The molecule has 0 radical (unpaired) electrons. The average molecular weight is 222 g/mol. The highest BCUT2D eigenvalue weighted by molar-refractivity contribution is 6.34. The maximum absolute atomic E-state index is 11.8. The molecule has 1 aromatic rings. The van der Waals surface area contributed by atoms with E-state index in [4.69, 9.17) is 23.8 Å². The van der Waals surface area contributed by atoms with Gasteiger partial charge in [0.1, 0.15) is 0 Å². The fourth-order valence-corrected chi connectivity index (χ4v) is 1.46. The molecule has 1 rings (SSSR count). The maximum Gasteiger partial charge on any atom is 0.181 e. The van der Waals surface area contributed by atoms with Crippen LogP contribution in [0, 0.1) is 19.3 Å². The van der Waals surface area contributed by atoms with Crippen molar-refractivity contribution in [1.82, 2.24) is 0 Å². The van der Waals surface area contributed by atoms with E-state index < -0.39 is 6.04 Å². The molecular formula is C12H12ClNO. The van der Waals surface area contributed by atoms with Gasteiger partial charge in [0.05, 0.1) is 11.1 Å². The van der Waals surface area contributed by atoms with E-state index in [0.29, 0.717) is 10.6 Å². The van der Waals surface area contributed by atoms with E-state index in [0.717, 1.165) is 5.56 Å². The number of halogens is 1. The molecule has 0 fully saturated rings. The molecule has 0 spiro atoms. The van der Waals surface area contributed by atoms with E-state index in [1.807, 2.05) is 13.0 Å². The highest BCUT2D eigenvalue weighted by Gasteiger charge is 2.17. The number of benzene rings is 1. The molecule has 0 aromatic heterocycles. The zero-order chi connectivity index (χ0) is 11.4. The van der Waals surface area contributed by atoms with Gasteiger partial charge in [0.25, 0.3) is 0 Å². The van der Waals surface area contributed by atoms with E-state index in [-0.39, 0.29) is 12.2 Å². The summed E-state index contributed by atoms with van der Waals surface area (Å²) in [5, 5.41) is 0.415. The van der Waals surface area contributed by atoms with Gasteiger partial charge in [-0.1, -0.05) is 23.2 Å². The molecule has 15 heavy (non-hydrogen) atoms. The highest BCUT2D eigenvalue weighted by atomic mass is 35.5. The van der Waals surface area contributed by atoms with Crippen molar-refractivity contribution < 1.29 is 4.79 Å². The van der Waals surface area contributed by atoms with E-state index in [1.165, 1.54) is 0 Å². The molecule has 2 N–H and O–H groups in total.